The number of halogens is 1. The molecule has 7 nitrogen and oxygen atoms in total. The van der Waals surface area contributed by atoms with Crippen LogP contribution in [0, 0.1) is 12.7 Å². The third kappa shape index (κ3) is 6.16. The van der Waals surface area contributed by atoms with Crippen molar-refractivity contribution in [2.45, 2.75) is 37.6 Å². The summed E-state index contributed by atoms with van der Waals surface area (Å²) < 4.78 is 15.5. The molecular formula is C26H31FN6OS. The maximum atomic E-state index is 13.8. The standard InChI is InChI=1S/C17H18FN5.C9H11NOS.H2/c1-12-5-6-13(9-15(12)18)23-10-14-16(21-23)19-11-20-17(14)22-7-3-2-4-8-22;1-12-9-4-2-8(3-5-9)6-10-7-11;/h5-6,9-11H,2-4,7-8H2,1H3;2-5,7H,6H2,1H3,(H,10,11);1H. The van der Waals surface area contributed by atoms with E-state index in [1.807, 2.05) is 42.8 Å². The first kappa shape index (κ1) is 24.7. The molecule has 0 spiro atoms. The van der Waals surface area contributed by atoms with Crippen molar-refractivity contribution >= 4 is 35.0 Å². The van der Waals surface area contributed by atoms with Gasteiger partial charge in [-0.1, -0.05) is 18.2 Å². The van der Waals surface area contributed by atoms with E-state index in [0.717, 1.165) is 29.9 Å². The van der Waals surface area contributed by atoms with E-state index in [1.54, 1.807) is 35.8 Å². The molecule has 0 bridgehead atoms. The van der Waals surface area contributed by atoms with Gasteiger partial charge in [0.25, 0.3) is 0 Å². The van der Waals surface area contributed by atoms with E-state index < -0.39 is 0 Å². The minimum Gasteiger partial charge on any atom is -0.356 e. The summed E-state index contributed by atoms with van der Waals surface area (Å²) in [7, 11) is 0. The first-order chi connectivity index (χ1) is 17.1. The summed E-state index contributed by atoms with van der Waals surface area (Å²) in [6, 6.07) is 13.2. The Morgan fingerprint density at radius 3 is 2.57 bits per heavy atom. The predicted molar refractivity (Wildman–Crippen MR) is 141 cm³/mol. The van der Waals surface area contributed by atoms with Crippen LogP contribution in [-0.4, -0.2) is 45.5 Å². The number of carbonyl (C=O) groups excluding carboxylic acids is 1. The molecule has 1 N–H and O–H groups in total. The Bertz CT molecular complexity index is 1280. The highest BCUT2D eigenvalue weighted by molar-refractivity contribution is 7.98. The second-order valence-electron chi connectivity index (χ2n) is 8.34. The molecule has 0 saturated carbocycles. The largest absolute Gasteiger partial charge is 0.356 e. The van der Waals surface area contributed by atoms with Gasteiger partial charge < -0.3 is 10.2 Å². The van der Waals surface area contributed by atoms with Crippen molar-refractivity contribution in [1.29, 1.82) is 0 Å². The number of hydrogen-bond acceptors (Lipinski definition) is 6. The Labute approximate surface area is 210 Å². The van der Waals surface area contributed by atoms with Gasteiger partial charge in [0, 0.05) is 32.2 Å². The lowest BCUT2D eigenvalue weighted by Gasteiger charge is -2.27. The molecule has 0 radical (unpaired) electrons. The predicted octanol–water partition coefficient (Wildman–Crippen LogP) is 5.15. The first-order valence-electron chi connectivity index (χ1n) is 11.6. The van der Waals surface area contributed by atoms with Crippen molar-refractivity contribution < 1.29 is 10.6 Å². The number of rotatable bonds is 6. The van der Waals surface area contributed by atoms with E-state index >= 15 is 0 Å². The van der Waals surface area contributed by atoms with Gasteiger partial charge in [-0.25, -0.2) is 19.0 Å². The lowest BCUT2D eigenvalue weighted by atomic mass is 10.1. The van der Waals surface area contributed by atoms with Crippen LogP contribution in [0.25, 0.3) is 16.7 Å². The zero-order chi connectivity index (χ0) is 24.6. The van der Waals surface area contributed by atoms with E-state index in [0.29, 0.717) is 29.9 Å². The number of anilines is 1. The molecule has 0 atom stereocenters. The van der Waals surface area contributed by atoms with Crippen molar-refractivity contribution in [3.05, 3.63) is 71.9 Å². The number of hydrogen-bond donors (Lipinski definition) is 1. The number of aryl methyl sites for hydroxylation is 1. The van der Waals surface area contributed by atoms with Crippen LogP contribution < -0.4 is 10.2 Å². The molecule has 3 heterocycles. The summed E-state index contributed by atoms with van der Waals surface area (Å²) in [6.45, 7) is 4.38. The molecule has 1 aliphatic heterocycles. The van der Waals surface area contributed by atoms with Crippen LogP contribution in [0.2, 0.25) is 0 Å². The van der Waals surface area contributed by atoms with Crippen LogP contribution in [-0.2, 0) is 11.3 Å². The first-order valence-corrected chi connectivity index (χ1v) is 12.8. The molecule has 0 unspecified atom stereocenters. The zero-order valence-electron chi connectivity index (χ0n) is 19.9. The van der Waals surface area contributed by atoms with Crippen molar-refractivity contribution in [2.24, 2.45) is 0 Å². The molecule has 2 aromatic carbocycles. The quantitative estimate of drug-likeness (QED) is 0.295. The molecule has 2 aromatic heterocycles. The Hall–Kier alpha value is -3.46. The minimum absolute atomic E-state index is 0. The molecule has 1 aliphatic rings. The molecule has 4 aromatic rings. The Kier molecular flexibility index (Phi) is 8.31. The number of carbonyl (C=O) groups is 1. The molecule has 1 saturated heterocycles. The number of nitrogens with one attached hydrogen (secondary N) is 1. The van der Waals surface area contributed by atoms with Crippen molar-refractivity contribution in [3.63, 3.8) is 0 Å². The molecule has 184 valence electrons. The van der Waals surface area contributed by atoms with Crippen LogP contribution in [0.15, 0.2) is 59.9 Å². The summed E-state index contributed by atoms with van der Waals surface area (Å²) in [5.74, 6) is 0.693. The third-order valence-corrected chi connectivity index (χ3v) is 6.66. The van der Waals surface area contributed by atoms with Crippen molar-refractivity contribution in [1.82, 2.24) is 25.1 Å². The Balaban J connectivity index is 0.000000237. The van der Waals surface area contributed by atoms with Crippen molar-refractivity contribution in [3.8, 4) is 5.69 Å². The van der Waals surface area contributed by atoms with Crippen LogP contribution in [0.3, 0.4) is 0 Å². The van der Waals surface area contributed by atoms with Gasteiger partial charge in [-0.05, 0) is 67.8 Å². The van der Waals surface area contributed by atoms with Crippen LogP contribution >= 0.6 is 11.8 Å². The number of nitrogens with zero attached hydrogens (tertiary/aromatic N) is 5. The normalized spacial score (nSPS) is 13.3. The Morgan fingerprint density at radius 2 is 1.89 bits per heavy atom. The zero-order valence-corrected chi connectivity index (χ0v) is 20.8. The summed E-state index contributed by atoms with van der Waals surface area (Å²) in [5, 5.41) is 8.01. The highest BCUT2D eigenvalue weighted by Gasteiger charge is 2.17. The molecular weight excluding hydrogens is 463 g/mol. The monoisotopic (exact) mass is 494 g/mol. The molecule has 1 fully saturated rings. The summed E-state index contributed by atoms with van der Waals surface area (Å²) >= 11 is 1.71. The summed E-state index contributed by atoms with van der Waals surface area (Å²) in [5.41, 5.74) is 3.08. The molecule has 9 heteroatoms. The fourth-order valence-electron chi connectivity index (χ4n) is 3.94. The maximum absolute atomic E-state index is 13.8. The highest BCUT2D eigenvalue weighted by atomic mass is 32.2. The average molecular weight is 495 g/mol. The fraction of sp³-hybridized carbons (Fsp3) is 0.308. The van der Waals surface area contributed by atoms with Gasteiger partial charge in [0.15, 0.2) is 5.65 Å². The second-order valence-corrected chi connectivity index (χ2v) is 9.22. The molecule has 1 amide bonds. The lowest BCUT2D eigenvalue weighted by molar-refractivity contribution is -0.109. The maximum Gasteiger partial charge on any atom is 0.207 e. The molecule has 35 heavy (non-hydrogen) atoms. The Morgan fingerprint density at radius 1 is 1.11 bits per heavy atom. The van der Waals surface area contributed by atoms with Crippen LogP contribution in [0.5, 0.6) is 0 Å². The molecule has 5 rings (SSSR count). The second kappa shape index (κ2) is 11.8. The topological polar surface area (TPSA) is 75.9 Å². The smallest absolute Gasteiger partial charge is 0.207 e. The average Bonchev–Trinajstić information content (AvgIpc) is 3.35. The van der Waals surface area contributed by atoms with E-state index in [1.165, 1.54) is 30.2 Å². The number of benzene rings is 2. The number of fused-ring (bicyclic) bond motifs is 1. The van der Waals surface area contributed by atoms with E-state index in [4.69, 9.17) is 0 Å². The van der Waals surface area contributed by atoms with Crippen LogP contribution in [0.1, 0.15) is 31.8 Å². The SMILES string of the molecule is CSc1ccc(CNC=O)cc1.Cc1ccc(-n2cc3c(N4CCCCC4)ncnc3n2)cc1F.[HH]. The van der Waals surface area contributed by atoms with E-state index in [9.17, 15) is 9.18 Å². The van der Waals surface area contributed by atoms with Gasteiger partial charge >= 0.3 is 0 Å². The fourth-order valence-corrected chi connectivity index (χ4v) is 4.35. The number of piperidine rings is 1. The summed E-state index contributed by atoms with van der Waals surface area (Å²) in [4.78, 5) is 22.2. The van der Waals surface area contributed by atoms with Crippen LogP contribution in [0.4, 0.5) is 10.2 Å². The van der Waals surface area contributed by atoms with E-state index in [2.05, 4.69) is 25.3 Å². The van der Waals surface area contributed by atoms with Gasteiger partial charge in [-0.15, -0.1) is 16.9 Å². The number of amides is 1. The highest BCUT2D eigenvalue weighted by Crippen LogP contribution is 2.26. The van der Waals surface area contributed by atoms with Gasteiger partial charge in [-0.3, -0.25) is 4.79 Å². The third-order valence-electron chi connectivity index (χ3n) is 5.92. The molecule has 0 aliphatic carbocycles. The van der Waals surface area contributed by atoms with E-state index in [-0.39, 0.29) is 7.24 Å². The van der Waals surface area contributed by atoms with Gasteiger partial charge in [0.1, 0.15) is 18.0 Å². The van der Waals surface area contributed by atoms with Crippen molar-refractivity contribution in [2.75, 3.05) is 24.2 Å². The van der Waals surface area contributed by atoms with Gasteiger partial charge in [0.2, 0.25) is 6.41 Å². The minimum atomic E-state index is -0.232. The van der Waals surface area contributed by atoms with Gasteiger partial charge in [-0.2, -0.15) is 0 Å². The van der Waals surface area contributed by atoms with Gasteiger partial charge in [0.05, 0.1) is 11.1 Å². The number of aromatic nitrogens is 4. The summed E-state index contributed by atoms with van der Waals surface area (Å²) in [6.07, 6.45) is 9.84. The number of thioether (sulfide) groups is 1. The lowest BCUT2D eigenvalue weighted by Crippen LogP contribution is -2.30.